The lowest BCUT2D eigenvalue weighted by atomic mass is 10.2. The van der Waals surface area contributed by atoms with Crippen molar-refractivity contribution in [3.63, 3.8) is 0 Å². The Hall–Kier alpha value is -1.17. The SMILES string of the molecule is CC(C)(C)OC(=O)N1C[C@H](F)[C@@H](N)C1=O. The van der Waals surface area contributed by atoms with Crippen molar-refractivity contribution < 1.29 is 18.7 Å². The lowest BCUT2D eigenvalue weighted by molar-refractivity contribution is -0.128. The van der Waals surface area contributed by atoms with Crippen molar-refractivity contribution in [1.29, 1.82) is 0 Å². The van der Waals surface area contributed by atoms with Crippen molar-refractivity contribution in [1.82, 2.24) is 4.90 Å². The molecule has 1 aliphatic rings. The summed E-state index contributed by atoms with van der Waals surface area (Å²) >= 11 is 0. The Morgan fingerprint density at radius 1 is 1.60 bits per heavy atom. The number of ether oxygens (including phenoxy) is 1. The second-order valence-corrected chi connectivity index (χ2v) is 4.47. The molecule has 0 bridgehead atoms. The first kappa shape index (κ1) is 11.9. The van der Waals surface area contributed by atoms with Crippen LogP contribution < -0.4 is 5.73 Å². The number of hydrogen-bond donors (Lipinski definition) is 1. The second kappa shape index (κ2) is 3.77. The molecule has 0 saturated carbocycles. The molecule has 0 unspecified atom stereocenters. The Kier molecular flexibility index (Phi) is 2.99. The molecule has 1 saturated heterocycles. The topological polar surface area (TPSA) is 72.6 Å². The van der Waals surface area contributed by atoms with Crippen LogP contribution in [0.3, 0.4) is 0 Å². The Morgan fingerprint density at radius 3 is 2.47 bits per heavy atom. The summed E-state index contributed by atoms with van der Waals surface area (Å²) in [5.41, 5.74) is 4.53. The van der Waals surface area contributed by atoms with E-state index in [1.807, 2.05) is 0 Å². The zero-order chi connectivity index (χ0) is 11.8. The average molecular weight is 218 g/mol. The molecule has 2 atom stereocenters. The molecular formula is C9H15FN2O3. The molecular weight excluding hydrogens is 203 g/mol. The maximum absolute atomic E-state index is 13.0. The van der Waals surface area contributed by atoms with Crippen LogP contribution in [0, 0.1) is 0 Å². The van der Waals surface area contributed by atoms with Gasteiger partial charge in [0.1, 0.15) is 17.8 Å². The molecule has 0 radical (unpaired) electrons. The highest BCUT2D eigenvalue weighted by atomic mass is 19.1. The van der Waals surface area contributed by atoms with E-state index in [0.717, 1.165) is 0 Å². The summed E-state index contributed by atoms with van der Waals surface area (Å²) in [6.45, 7) is 4.67. The fourth-order valence-electron chi connectivity index (χ4n) is 1.19. The minimum atomic E-state index is -1.51. The number of likely N-dealkylation sites (tertiary alicyclic amines) is 1. The van der Waals surface area contributed by atoms with Gasteiger partial charge in [0.15, 0.2) is 0 Å². The van der Waals surface area contributed by atoms with Crippen LogP contribution >= 0.6 is 0 Å². The van der Waals surface area contributed by atoms with Crippen LogP contribution in [0.1, 0.15) is 20.8 Å². The lowest BCUT2D eigenvalue weighted by Gasteiger charge is -2.23. The van der Waals surface area contributed by atoms with Crippen molar-refractivity contribution in [3.8, 4) is 0 Å². The van der Waals surface area contributed by atoms with Crippen LogP contribution in [-0.4, -0.2) is 41.3 Å². The van der Waals surface area contributed by atoms with Gasteiger partial charge in [0.25, 0.3) is 5.91 Å². The summed E-state index contributed by atoms with van der Waals surface area (Å²) in [6.07, 6.45) is -2.35. The van der Waals surface area contributed by atoms with E-state index in [1.165, 1.54) is 0 Å². The van der Waals surface area contributed by atoms with Crippen molar-refractivity contribution in [2.75, 3.05) is 6.54 Å². The van der Waals surface area contributed by atoms with Gasteiger partial charge >= 0.3 is 6.09 Å². The summed E-state index contributed by atoms with van der Waals surface area (Å²) in [5.74, 6) is -0.725. The number of carbonyl (C=O) groups is 2. The van der Waals surface area contributed by atoms with Gasteiger partial charge in [-0.05, 0) is 20.8 Å². The minimum Gasteiger partial charge on any atom is -0.443 e. The molecule has 5 nitrogen and oxygen atoms in total. The summed E-state index contributed by atoms with van der Waals surface area (Å²) in [4.78, 5) is 23.4. The number of nitrogens with two attached hydrogens (primary N) is 1. The van der Waals surface area contributed by atoms with Gasteiger partial charge < -0.3 is 10.5 Å². The van der Waals surface area contributed by atoms with Crippen LogP contribution in [0.25, 0.3) is 0 Å². The highest BCUT2D eigenvalue weighted by Crippen LogP contribution is 2.17. The maximum Gasteiger partial charge on any atom is 0.417 e. The first-order valence-electron chi connectivity index (χ1n) is 4.66. The maximum atomic E-state index is 13.0. The molecule has 86 valence electrons. The first-order chi connectivity index (χ1) is 6.72. The molecule has 0 aromatic heterocycles. The predicted molar refractivity (Wildman–Crippen MR) is 50.8 cm³/mol. The van der Waals surface area contributed by atoms with Crippen LogP contribution in [-0.2, 0) is 9.53 Å². The van der Waals surface area contributed by atoms with E-state index in [2.05, 4.69) is 0 Å². The minimum absolute atomic E-state index is 0.324. The molecule has 0 aliphatic carbocycles. The van der Waals surface area contributed by atoms with Gasteiger partial charge in [-0.1, -0.05) is 0 Å². The van der Waals surface area contributed by atoms with E-state index in [-0.39, 0.29) is 6.54 Å². The number of nitrogens with zero attached hydrogens (tertiary/aromatic N) is 1. The third-order valence-electron chi connectivity index (χ3n) is 1.91. The molecule has 0 aromatic carbocycles. The van der Waals surface area contributed by atoms with Crippen LogP contribution in [0.2, 0.25) is 0 Å². The van der Waals surface area contributed by atoms with E-state index in [9.17, 15) is 14.0 Å². The van der Waals surface area contributed by atoms with Crippen molar-refractivity contribution in [3.05, 3.63) is 0 Å². The lowest BCUT2D eigenvalue weighted by Crippen LogP contribution is -2.41. The predicted octanol–water partition coefficient (Wildman–Crippen LogP) is 0.429. The Balaban J connectivity index is 2.67. The third-order valence-corrected chi connectivity index (χ3v) is 1.91. The zero-order valence-corrected chi connectivity index (χ0v) is 8.99. The quantitative estimate of drug-likeness (QED) is 0.640. The van der Waals surface area contributed by atoms with E-state index >= 15 is 0 Å². The number of imide groups is 1. The standard InChI is InChI=1S/C9H15FN2O3/c1-9(2,3)15-8(14)12-4-5(10)6(11)7(12)13/h5-6H,4,11H2,1-3H3/t5-,6+/m0/s1. The van der Waals surface area contributed by atoms with Gasteiger partial charge in [0, 0.05) is 0 Å². The number of carbonyl (C=O) groups excluding carboxylic acids is 2. The Morgan fingerprint density at radius 2 is 2.13 bits per heavy atom. The van der Waals surface area contributed by atoms with Gasteiger partial charge in [-0.25, -0.2) is 14.1 Å². The Labute approximate surface area is 87.4 Å². The van der Waals surface area contributed by atoms with Gasteiger partial charge in [-0.2, -0.15) is 0 Å². The normalized spacial score (nSPS) is 27.0. The molecule has 1 aliphatic heterocycles. The fourth-order valence-corrected chi connectivity index (χ4v) is 1.19. The molecule has 1 heterocycles. The van der Waals surface area contributed by atoms with Gasteiger partial charge in [-0.3, -0.25) is 4.79 Å². The molecule has 0 spiro atoms. The van der Waals surface area contributed by atoms with Crippen LogP contribution in [0.5, 0.6) is 0 Å². The van der Waals surface area contributed by atoms with E-state index < -0.39 is 29.8 Å². The largest absolute Gasteiger partial charge is 0.443 e. The number of halogens is 1. The highest BCUT2D eigenvalue weighted by Gasteiger charge is 2.43. The summed E-state index contributed by atoms with van der Waals surface area (Å²) in [6, 6.07) is -1.25. The zero-order valence-electron chi connectivity index (χ0n) is 8.99. The van der Waals surface area contributed by atoms with Crippen molar-refractivity contribution in [2.45, 2.75) is 38.6 Å². The molecule has 1 rings (SSSR count). The van der Waals surface area contributed by atoms with Gasteiger partial charge in [-0.15, -0.1) is 0 Å². The van der Waals surface area contributed by atoms with Crippen molar-refractivity contribution >= 4 is 12.0 Å². The molecule has 6 heteroatoms. The molecule has 15 heavy (non-hydrogen) atoms. The first-order valence-corrected chi connectivity index (χ1v) is 4.66. The average Bonchev–Trinajstić information content (AvgIpc) is 2.30. The van der Waals surface area contributed by atoms with E-state index in [4.69, 9.17) is 10.5 Å². The van der Waals surface area contributed by atoms with Crippen molar-refractivity contribution in [2.24, 2.45) is 5.73 Å². The highest BCUT2D eigenvalue weighted by molar-refractivity contribution is 5.97. The molecule has 0 aromatic rings. The molecule has 2 amide bonds. The van der Waals surface area contributed by atoms with Gasteiger partial charge in [0.2, 0.25) is 0 Å². The summed E-state index contributed by atoms with van der Waals surface area (Å²) < 4.78 is 17.9. The summed E-state index contributed by atoms with van der Waals surface area (Å²) in [7, 11) is 0. The molecule has 1 fully saturated rings. The number of amides is 2. The monoisotopic (exact) mass is 218 g/mol. The number of rotatable bonds is 0. The number of hydrogen-bond acceptors (Lipinski definition) is 4. The second-order valence-electron chi connectivity index (χ2n) is 4.47. The van der Waals surface area contributed by atoms with Crippen LogP contribution in [0.4, 0.5) is 9.18 Å². The van der Waals surface area contributed by atoms with E-state index in [0.29, 0.717) is 4.90 Å². The molecule has 2 N–H and O–H groups in total. The summed E-state index contributed by atoms with van der Waals surface area (Å²) in [5, 5.41) is 0. The van der Waals surface area contributed by atoms with E-state index in [1.54, 1.807) is 20.8 Å². The van der Waals surface area contributed by atoms with Crippen LogP contribution in [0.15, 0.2) is 0 Å². The number of alkyl halides is 1. The Bertz CT molecular complexity index is 288. The third kappa shape index (κ3) is 2.65. The van der Waals surface area contributed by atoms with Gasteiger partial charge in [0.05, 0.1) is 6.54 Å². The fraction of sp³-hybridized carbons (Fsp3) is 0.778. The smallest absolute Gasteiger partial charge is 0.417 e.